The van der Waals surface area contributed by atoms with Gasteiger partial charge in [0, 0.05) is 35.8 Å². The quantitative estimate of drug-likeness (QED) is 0.420. The highest BCUT2D eigenvalue weighted by Gasteiger charge is 2.73. The van der Waals surface area contributed by atoms with Gasteiger partial charge in [0.1, 0.15) is 6.10 Å². The SMILES string of the molecule is O=C(N[C@@H]1CC[C@@]2(O)[C@H]3Cc4ccc(O)c5c4[C@@]2(CCN3CC2CC2)C1O5)c1cc[n+](Cc2ccccc2)cc1. The molecule has 1 unspecified atom stereocenters. The Morgan fingerprint density at radius 1 is 1.05 bits per heavy atom. The number of phenolic OH excluding ortho intramolecular Hbond substituents is 1. The van der Waals surface area contributed by atoms with Gasteiger partial charge in [-0.1, -0.05) is 36.4 Å². The second kappa shape index (κ2) is 8.79. The maximum absolute atomic E-state index is 13.5. The molecule has 8 rings (SSSR count). The van der Waals surface area contributed by atoms with Gasteiger partial charge in [0.25, 0.3) is 5.91 Å². The Hall–Kier alpha value is -3.42. The number of hydrogen-bond donors (Lipinski definition) is 3. The van der Waals surface area contributed by atoms with E-state index in [1.165, 1.54) is 24.0 Å². The van der Waals surface area contributed by atoms with Crippen LogP contribution in [0.2, 0.25) is 0 Å². The lowest BCUT2D eigenvalue weighted by Gasteiger charge is -2.64. The predicted molar refractivity (Wildman–Crippen MR) is 148 cm³/mol. The molecule has 2 saturated carbocycles. The number of piperidine rings is 1. The molecule has 2 aliphatic heterocycles. The second-order valence-corrected chi connectivity index (χ2v) is 12.7. The van der Waals surface area contributed by atoms with Gasteiger partial charge in [-0.25, -0.2) is 4.57 Å². The van der Waals surface area contributed by atoms with E-state index >= 15 is 0 Å². The Balaban J connectivity index is 1.08. The van der Waals surface area contributed by atoms with Gasteiger partial charge in [0.2, 0.25) is 0 Å². The minimum Gasteiger partial charge on any atom is -0.504 e. The zero-order chi connectivity index (χ0) is 27.1. The lowest BCUT2D eigenvalue weighted by atomic mass is 9.48. The molecule has 2 aromatic carbocycles. The van der Waals surface area contributed by atoms with Gasteiger partial charge in [-0.05, 0) is 62.6 Å². The van der Waals surface area contributed by atoms with Crippen LogP contribution in [-0.2, 0) is 18.4 Å². The molecule has 1 amide bonds. The lowest BCUT2D eigenvalue weighted by molar-refractivity contribution is -0.688. The van der Waals surface area contributed by atoms with Crippen LogP contribution >= 0.6 is 0 Å². The van der Waals surface area contributed by atoms with Crippen LogP contribution in [0.15, 0.2) is 67.0 Å². The lowest BCUT2D eigenvalue weighted by Crippen LogP contribution is -2.78. The van der Waals surface area contributed by atoms with E-state index in [-0.39, 0.29) is 23.7 Å². The van der Waals surface area contributed by atoms with Gasteiger partial charge in [-0.3, -0.25) is 9.69 Å². The molecule has 206 valence electrons. The van der Waals surface area contributed by atoms with Crippen molar-refractivity contribution in [2.75, 3.05) is 13.1 Å². The van der Waals surface area contributed by atoms with Crippen molar-refractivity contribution >= 4 is 5.91 Å². The summed E-state index contributed by atoms with van der Waals surface area (Å²) in [5.74, 6) is 1.25. The summed E-state index contributed by atoms with van der Waals surface area (Å²) in [6.07, 6.45) is 8.79. The third kappa shape index (κ3) is 3.50. The third-order valence-electron chi connectivity index (χ3n) is 10.4. The number of benzene rings is 2. The van der Waals surface area contributed by atoms with E-state index in [4.69, 9.17) is 4.74 Å². The molecular weight excluding hydrogens is 502 g/mol. The summed E-state index contributed by atoms with van der Waals surface area (Å²) < 4.78 is 8.65. The van der Waals surface area contributed by atoms with Crippen molar-refractivity contribution in [2.24, 2.45) is 5.92 Å². The number of nitrogens with one attached hydrogen (secondary N) is 1. The summed E-state index contributed by atoms with van der Waals surface area (Å²) in [5.41, 5.74) is 2.38. The number of likely N-dealkylation sites (tertiary alicyclic amines) is 1. The Kier molecular flexibility index (Phi) is 5.36. The first-order valence-corrected chi connectivity index (χ1v) is 14.8. The van der Waals surface area contributed by atoms with Crippen LogP contribution in [0, 0.1) is 5.92 Å². The number of rotatable bonds is 6. The van der Waals surface area contributed by atoms with Gasteiger partial charge in [0.05, 0.1) is 22.6 Å². The molecule has 1 aromatic heterocycles. The van der Waals surface area contributed by atoms with Crippen molar-refractivity contribution in [3.63, 3.8) is 0 Å². The van der Waals surface area contributed by atoms with Crippen molar-refractivity contribution < 1.29 is 24.3 Å². The number of phenols is 1. The smallest absolute Gasteiger partial charge is 0.252 e. The minimum atomic E-state index is -0.951. The average Bonchev–Trinajstić information content (AvgIpc) is 3.71. The molecule has 3 N–H and O–H groups in total. The van der Waals surface area contributed by atoms with Gasteiger partial charge in [-0.2, -0.15) is 0 Å². The normalized spacial score (nSPS) is 31.8. The number of carbonyl (C=O) groups is 1. The second-order valence-electron chi connectivity index (χ2n) is 12.7. The van der Waals surface area contributed by atoms with Crippen LogP contribution < -0.4 is 14.6 Å². The first kappa shape index (κ1) is 24.4. The van der Waals surface area contributed by atoms with Crippen LogP contribution in [0.4, 0.5) is 0 Å². The van der Waals surface area contributed by atoms with Gasteiger partial charge in [0.15, 0.2) is 30.4 Å². The van der Waals surface area contributed by atoms with E-state index in [1.807, 2.05) is 48.8 Å². The molecule has 5 aliphatic rings. The molecule has 3 aromatic rings. The molecule has 1 spiro atoms. The maximum Gasteiger partial charge on any atom is 0.252 e. The maximum atomic E-state index is 13.5. The Morgan fingerprint density at radius 3 is 2.62 bits per heavy atom. The van der Waals surface area contributed by atoms with Gasteiger partial charge < -0.3 is 20.3 Å². The first-order chi connectivity index (χ1) is 19.5. The van der Waals surface area contributed by atoms with E-state index in [0.717, 1.165) is 44.0 Å². The Bertz CT molecular complexity index is 1470. The Morgan fingerprint density at radius 2 is 1.85 bits per heavy atom. The van der Waals surface area contributed by atoms with E-state index in [2.05, 4.69) is 26.9 Å². The van der Waals surface area contributed by atoms with Crippen molar-refractivity contribution in [3.8, 4) is 11.5 Å². The number of carbonyl (C=O) groups excluding carboxylic acids is 1. The van der Waals surface area contributed by atoms with E-state index in [0.29, 0.717) is 24.2 Å². The fourth-order valence-corrected chi connectivity index (χ4v) is 8.39. The Labute approximate surface area is 234 Å². The molecule has 40 heavy (non-hydrogen) atoms. The van der Waals surface area contributed by atoms with Gasteiger partial charge in [-0.15, -0.1) is 0 Å². The summed E-state index contributed by atoms with van der Waals surface area (Å²) in [5, 5.41) is 26.7. The van der Waals surface area contributed by atoms with E-state index in [9.17, 15) is 15.0 Å². The number of ether oxygens (including phenoxy) is 1. The summed E-state index contributed by atoms with van der Waals surface area (Å²) in [4.78, 5) is 16.0. The fraction of sp³-hybridized carbons (Fsp3) is 0.455. The highest BCUT2D eigenvalue weighted by molar-refractivity contribution is 5.94. The molecule has 7 heteroatoms. The summed E-state index contributed by atoms with van der Waals surface area (Å²) in [7, 11) is 0. The summed E-state index contributed by atoms with van der Waals surface area (Å²) >= 11 is 0. The van der Waals surface area contributed by atoms with Gasteiger partial charge >= 0.3 is 0 Å². The molecule has 7 nitrogen and oxygen atoms in total. The number of aliphatic hydroxyl groups is 1. The molecule has 3 heterocycles. The van der Waals surface area contributed by atoms with Crippen molar-refractivity contribution in [3.05, 3.63) is 89.2 Å². The van der Waals surface area contributed by atoms with Crippen molar-refractivity contribution in [1.82, 2.24) is 10.2 Å². The van der Waals surface area contributed by atoms with Crippen molar-refractivity contribution in [2.45, 2.75) is 74.3 Å². The average molecular weight is 539 g/mol. The molecule has 2 bridgehead atoms. The number of nitrogens with zero attached hydrogens (tertiary/aromatic N) is 2. The number of aromatic hydroxyl groups is 1. The highest BCUT2D eigenvalue weighted by atomic mass is 16.5. The molecule has 3 fully saturated rings. The van der Waals surface area contributed by atoms with Crippen molar-refractivity contribution in [1.29, 1.82) is 0 Å². The standard InChI is InChI=1S/C33H35N3O4/c37-26-9-8-24-18-27-33(39)13-10-25(30-32(33,28(24)29(26)40-30)14-17-36(27)20-22-6-7-22)34-31(38)23-11-15-35(16-12-23)19-21-4-2-1-3-5-21/h1-5,8-9,11-12,15-16,22,25,27,30,39H,6-7,10,13-14,17-20H2,(H-,34,37,38)/p+1/t25-,27-,30?,32+,33-/m1/s1. The summed E-state index contributed by atoms with van der Waals surface area (Å²) in [6, 6.07) is 17.5. The highest BCUT2D eigenvalue weighted by Crippen LogP contribution is 2.65. The largest absolute Gasteiger partial charge is 0.504 e. The van der Waals surface area contributed by atoms with Crippen LogP contribution in [0.1, 0.15) is 59.2 Å². The van der Waals surface area contributed by atoms with Crippen LogP contribution in [0.25, 0.3) is 0 Å². The fourth-order valence-electron chi connectivity index (χ4n) is 8.39. The number of pyridine rings is 1. The molecule has 1 saturated heterocycles. The summed E-state index contributed by atoms with van der Waals surface area (Å²) in [6.45, 7) is 2.69. The minimum absolute atomic E-state index is 0.0294. The molecule has 0 radical (unpaired) electrons. The first-order valence-electron chi connectivity index (χ1n) is 14.8. The number of amides is 1. The van der Waals surface area contributed by atoms with Crippen LogP contribution in [-0.4, -0.2) is 57.9 Å². The van der Waals surface area contributed by atoms with E-state index < -0.39 is 17.1 Å². The zero-order valence-corrected chi connectivity index (χ0v) is 22.6. The van der Waals surface area contributed by atoms with E-state index in [1.54, 1.807) is 6.07 Å². The number of aromatic nitrogens is 1. The monoisotopic (exact) mass is 538 g/mol. The molecule has 3 aliphatic carbocycles. The van der Waals surface area contributed by atoms with Crippen LogP contribution in [0.5, 0.6) is 11.5 Å². The molecular formula is C33H36N3O4+. The number of hydrogen-bond acceptors (Lipinski definition) is 5. The topological polar surface area (TPSA) is 85.9 Å². The predicted octanol–water partition coefficient (Wildman–Crippen LogP) is 3.09. The third-order valence-corrected chi connectivity index (χ3v) is 10.4. The molecule has 5 atom stereocenters. The van der Waals surface area contributed by atoms with Crippen LogP contribution in [0.3, 0.4) is 0 Å². The zero-order valence-electron chi connectivity index (χ0n) is 22.6.